The average Bonchev–Trinajstić information content (AvgIpc) is 3.51. The van der Waals surface area contributed by atoms with Gasteiger partial charge in [-0.1, -0.05) is 26.2 Å². The molecule has 0 radical (unpaired) electrons. The first kappa shape index (κ1) is 27.8. The van der Waals surface area contributed by atoms with Gasteiger partial charge in [-0.15, -0.1) is 21.6 Å². The van der Waals surface area contributed by atoms with Gasteiger partial charge in [-0.05, 0) is 87.2 Å². The van der Waals surface area contributed by atoms with Crippen LogP contribution in [0.1, 0.15) is 75.7 Å². The second-order valence-electron chi connectivity index (χ2n) is 12.1. The summed E-state index contributed by atoms with van der Waals surface area (Å²) in [7, 11) is 3.78. The number of rotatable bonds is 4. The van der Waals surface area contributed by atoms with Crippen molar-refractivity contribution in [1.29, 1.82) is 0 Å². The maximum absolute atomic E-state index is 13.5. The van der Waals surface area contributed by atoms with E-state index in [2.05, 4.69) is 55.1 Å². The normalized spacial score (nSPS) is 23.0. The Hall–Kier alpha value is -3.37. The van der Waals surface area contributed by atoms with Crippen molar-refractivity contribution in [2.45, 2.75) is 76.8 Å². The van der Waals surface area contributed by atoms with Crippen molar-refractivity contribution in [2.24, 2.45) is 10.2 Å². The van der Waals surface area contributed by atoms with Gasteiger partial charge in [-0.25, -0.2) is 0 Å². The summed E-state index contributed by atoms with van der Waals surface area (Å²) in [6.07, 6.45) is 7.84. The van der Waals surface area contributed by atoms with E-state index in [-0.39, 0.29) is 29.0 Å². The number of fused-ring (bicyclic) bond motifs is 2. The Morgan fingerprint density at radius 3 is 2.54 bits per heavy atom. The Balaban J connectivity index is 1.22. The van der Waals surface area contributed by atoms with Crippen molar-refractivity contribution in [1.82, 2.24) is 9.80 Å². The Kier molecular flexibility index (Phi) is 7.10. The van der Waals surface area contributed by atoms with E-state index < -0.39 is 0 Å². The first-order valence-corrected chi connectivity index (χ1v) is 15.5. The number of anilines is 1. The molecule has 2 amide bonds. The predicted molar refractivity (Wildman–Crippen MR) is 167 cm³/mol. The molecule has 2 aliphatic heterocycles. The van der Waals surface area contributed by atoms with Crippen LogP contribution >= 0.6 is 23.6 Å². The topological polar surface area (TPSA) is 81.7 Å². The van der Waals surface area contributed by atoms with E-state index >= 15 is 0 Å². The number of nitrogens with zero attached hydrogens (tertiary/aromatic N) is 5. The zero-order valence-corrected chi connectivity index (χ0v) is 25.8. The minimum Gasteiger partial charge on any atom is -0.436 e. The molecule has 2 fully saturated rings. The predicted octanol–water partition coefficient (Wildman–Crippen LogP) is 7.93. The highest BCUT2D eigenvalue weighted by Crippen LogP contribution is 2.44. The van der Waals surface area contributed by atoms with E-state index in [1.807, 2.05) is 18.2 Å². The number of furan rings is 1. The summed E-state index contributed by atoms with van der Waals surface area (Å²) in [5.41, 5.74) is 4.18. The highest BCUT2D eigenvalue weighted by molar-refractivity contribution is 7.80. The van der Waals surface area contributed by atoms with Gasteiger partial charge in [0.05, 0.1) is 10.4 Å². The molecule has 3 aliphatic rings. The molecule has 2 aromatic heterocycles. The molecule has 41 heavy (non-hydrogen) atoms. The van der Waals surface area contributed by atoms with Crippen molar-refractivity contribution >= 4 is 74.1 Å². The first-order valence-electron chi connectivity index (χ1n) is 14.2. The van der Waals surface area contributed by atoms with Gasteiger partial charge < -0.3 is 9.32 Å². The summed E-state index contributed by atoms with van der Waals surface area (Å²) in [6, 6.07) is 9.93. The Bertz CT molecular complexity index is 1580. The highest BCUT2D eigenvalue weighted by Gasteiger charge is 2.41. The highest BCUT2D eigenvalue weighted by atomic mass is 32.1. The molecule has 1 unspecified atom stereocenters. The number of carbonyl (C=O) groups is 2. The number of thiophene rings is 1. The third kappa shape index (κ3) is 5.01. The van der Waals surface area contributed by atoms with Crippen LogP contribution in [0.2, 0.25) is 0 Å². The van der Waals surface area contributed by atoms with Crippen molar-refractivity contribution in [3.05, 3.63) is 46.3 Å². The zero-order valence-electron chi connectivity index (χ0n) is 24.1. The molecule has 1 aromatic carbocycles. The summed E-state index contributed by atoms with van der Waals surface area (Å²) in [4.78, 5) is 32.7. The fourth-order valence-corrected chi connectivity index (χ4v) is 7.63. The molecule has 214 valence electrons. The zero-order chi connectivity index (χ0) is 29.1. The Morgan fingerprint density at radius 1 is 1.05 bits per heavy atom. The van der Waals surface area contributed by atoms with E-state index in [4.69, 9.17) is 16.6 Å². The lowest BCUT2D eigenvalue weighted by Crippen LogP contribution is -2.58. The number of azo groups is 1. The number of thiocarbonyl (C=S) groups is 1. The van der Waals surface area contributed by atoms with Gasteiger partial charge in [0.1, 0.15) is 11.2 Å². The molecule has 3 aromatic rings. The second kappa shape index (κ2) is 10.5. The summed E-state index contributed by atoms with van der Waals surface area (Å²) < 4.78 is 6.82. The molecule has 1 saturated carbocycles. The third-order valence-electron chi connectivity index (χ3n) is 8.80. The smallest absolute Gasteiger partial charge is 0.265 e. The van der Waals surface area contributed by atoms with Gasteiger partial charge in [-0.3, -0.25) is 19.4 Å². The van der Waals surface area contributed by atoms with E-state index in [9.17, 15) is 9.59 Å². The molecule has 1 atom stereocenters. The summed E-state index contributed by atoms with van der Waals surface area (Å²) in [5, 5.41) is 9.10. The fraction of sp³-hybridized carbons (Fsp3) is 0.452. The van der Waals surface area contributed by atoms with Gasteiger partial charge in [0.25, 0.3) is 11.8 Å². The van der Waals surface area contributed by atoms with Crippen molar-refractivity contribution in [2.75, 3.05) is 19.0 Å². The minimum atomic E-state index is -0.374. The quantitative estimate of drug-likeness (QED) is 0.134. The molecule has 1 aliphatic carbocycles. The largest absolute Gasteiger partial charge is 0.436 e. The molecule has 8 nitrogen and oxygen atoms in total. The standard InChI is InChI=1S/C31H35N5O3S2/c1-18-17-31(2,3)35(5)24-12-11-19(13-22(18)24)32-33-27-16-26-25(39-27)15-21(41-26)14-23-28(37)34(4)30(40)36(29(23)38)20-9-7-6-8-10-20/h11-16,18,20H,6-10,17H2,1-5H3/b23-14+,33-32+. The second-order valence-corrected chi connectivity index (χ2v) is 13.5. The monoisotopic (exact) mass is 589 g/mol. The minimum absolute atomic E-state index is 0.0429. The number of likely N-dealkylation sites (N-methyl/N-ethyl adjacent to an activating group) is 1. The van der Waals surface area contributed by atoms with Crippen LogP contribution in [0.3, 0.4) is 0 Å². The van der Waals surface area contributed by atoms with Crippen LogP contribution in [0.25, 0.3) is 16.4 Å². The van der Waals surface area contributed by atoms with Crippen molar-refractivity contribution in [3.63, 3.8) is 0 Å². The SMILES string of the molecule is CC1CC(C)(C)N(C)c2ccc(/N=N/c3cc4sc(/C=C5\C(=O)N(C)C(=S)N(C6CCCCC6)C5=O)cc4o3)cc21. The first-order chi connectivity index (χ1) is 19.5. The summed E-state index contributed by atoms with van der Waals surface area (Å²) >= 11 is 6.96. The molecule has 0 bridgehead atoms. The Labute approximate surface area is 249 Å². The average molecular weight is 590 g/mol. The lowest BCUT2D eigenvalue weighted by Gasteiger charge is -2.45. The van der Waals surface area contributed by atoms with E-state index in [0.717, 1.165) is 47.4 Å². The summed E-state index contributed by atoms with van der Waals surface area (Å²) in [5.74, 6) is 0.160. The van der Waals surface area contributed by atoms with Crippen LogP contribution < -0.4 is 4.90 Å². The number of carbonyl (C=O) groups excluding carboxylic acids is 2. The van der Waals surface area contributed by atoms with E-state index in [0.29, 0.717) is 22.5 Å². The lowest BCUT2D eigenvalue weighted by atomic mass is 9.80. The van der Waals surface area contributed by atoms with Crippen molar-refractivity contribution < 1.29 is 14.0 Å². The maximum Gasteiger partial charge on any atom is 0.265 e. The van der Waals surface area contributed by atoms with Crippen LogP contribution in [0, 0.1) is 0 Å². The number of hydrogen-bond donors (Lipinski definition) is 0. The van der Waals surface area contributed by atoms with Gasteiger partial charge in [0.15, 0.2) is 5.11 Å². The molecular formula is C31H35N5O3S2. The van der Waals surface area contributed by atoms with E-state index in [1.165, 1.54) is 33.9 Å². The fourth-order valence-electron chi connectivity index (χ4n) is 6.36. The maximum atomic E-state index is 13.5. The van der Waals surface area contributed by atoms with Gasteiger partial charge in [0.2, 0.25) is 5.88 Å². The van der Waals surface area contributed by atoms with Crippen LogP contribution in [-0.2, 0) is 9.59 Å². The molecule has 10 heteroatoms. The van der Waals surface area contributed by atoms with Crippen molar-refractivity contribution in [3.8, 4) is 0 Å². The lowest BCUT2D eigenvalue weighted by molar-refractivity contribution is -0.134. The van der Waals surface area contributed by atoms with Crippen LogP contribution in [0.5, 0.6) is 0 Å². The number of hydrogen-bond acceptors (Lipinski definition) is 8. The molecule has 4 heterocycles. The van der Waals surface area contributed by atoms with Gasteiger partial charge >= 0.3 is 0 Å². The number of benzene rings is 1. The van der Waals surface area contributed by atoms with E-state index in [1.54, 1.807) is 18.0 Å². The van der Waals surface area contributed by atoms with Gasteiger partial charge in [0, 0.05) is 42.3 Å². The molecule has 6 rings (SSSR count). The summed E-state index contributed by atoms with van der Waals surface area (Å²) in [6.45, 7) is 6.81. The molecular weight excluding hydrogens is 555 g/mol. The molecule has 0 N–H and O–H groups in total. The van der Waals surface area contributed by atoms with Crippen LogP contribution in [-0.4, -0.2) is 52.4 Å². The number of amides is 2. The Morgan fingerprint density at radius 2 is 1.80 bits per heavy atom. The molecule has 1 saturated heterocycles. The van der Waals surface area contributed by atoms with Crippen LogP contribution in [0.15, 0.2) is 50.6 Å². The van der Waals surface area contributed by atoms with Crippen LogP contribution in [0.4, 0.5) is 17.3 Å². The van der Waals surface area contributed by atoms with Gasteiger partial charge in [-0.2, -0.15) is 0 Å². The molecule has 0 spiro atoms. The third-order valence-corrected chi connectivity index (χ3v) is 10.3.